The molecule has 12 heteroatoms. The smallest absolute Gasteiger partial charge is 0.296 e. The molecule has 0 unspecified atom stereocenters. The molecule has 2 aromatic carbocycles. The first-order chi connectivity index (χ1) is 23.0. The highest BCUT2D eigenvalue weighted by atomic mass is 19.3. The van der Waals surface area contributed by atoms with Gasteiger partial charge in [0.2, 0.25) is 17.7 Å². The van der Waals surface area contributed by atoms with E-state index in [2.05, 4.69) is 44.5 Å². The summed E-state index contributed by atoms with van der Waals surface area (Å²) in [4.78, 5) is 31.1. The summed E-state index contributed by atoms with van der Waals surface area (Å²) in [5.41, 5.74) is 2.25. The van der Waals surface area contributed by atoms with Crippen molar-refractivity contribution in [3.8, 4) is 11.7 Å². The molecule has 4 heterocycles. The van der Waals surface area contributed by atoms with Crippen LogP contribution in [0.5, 0.6) is 5.88 Å². The number of rotatable bonds is 9. The Bertz CT molecular complexity index is 1650. The second kappa shape index (κ2) is 14.2. The van der Waals surface area contributed by atoms with E-state index < -0.39 is 6.43 Å². The molecule has 1 amide bonds. The lowest BCUT2D eigenvalue weighted by Gasteiger charge is -2.35. The van der Waals surface area contributed by atoms with Gasteiger partial charge >= 0.3 is 0 Å². The van der Waals surface area contributed by atoms with Crippen molar-refractivity contribution in [2.75, 3.05) is 55.8 Å². The molecule has 2 saturated heterocycles. The minimum atomic E-state index is -2.79. The van der Waals surface area contributed by atoms with Gasteiger partial charge in [-0.3, -0.25) is 9.36 Å². The summed E-state index contributed by atoms with van der Waals surface area (Å²) in [5, 5.41) is 3.33. The van der Waals surface area contributed by atoms with Crippen LogP contribution < -0.4 is 19.9 Å². The Balaban J connectivity index is 0.979. The van der Waals surface area contributed by atoms with E-state index in [0.29, 0.717) is 55.8 Å². The number of fused-ring (bicyclic) bond motifs is 1. The highest BCUT2D eigenvalue weighted by Gasteiger charge is 2.30. The van der Waals surface area contributed by atoms with Gasteiger partial charge < -0.3 is 24.6 Å². The number of piperidine rings is 1. The van der Waals surface area contributed by atoms with E-state index in [1.807, 2.05) is 11.0 Å². The van der Waals surface area contributed by atoms with E-state index in [1.54, 1.807) is 30.3 Å². The third kappa shape index (κ3) is 7.17. The van der Waals surface area contributed by atoms with Crippen molar-refractivity contribution in [3.63, 3.8) is 0 Å². The van der Waals surface area contributed by atoms with E-state index in [4.69, 9.17) is 14.5 Å². The predicted molar refractivity (Wildman–Crippen MR) is 175 cm³/mol. The van der Waals surface area contributed by atoms with Crippen LogP contribution in [0.15, 0.2) is 60.7 Å². The van der Waals surface area contributed by atoms with Crippen molar-refractivity contribution in [3.05, 3.63) is 66.5 Å². The number of nitrogens with zero attached hydrogens (tertiary/aromatic N) is 6. The fraction of sp³-hybridized carbons (Fsp3) is 0.486. The molecule has 2 aliphatic heterocycles. The van der Waals surface area contributed by atoms with Gasteiger partial charge in [-0.15, -0.1) is 0 Å². The van der Waals surface area contributed by atoms with Gasteiger partial charge in [0, 0.05) is 49.9 Å². The summed E-state index contributed by atoms with van der Waals surface area (Å²) in [7, 11) is 0. The van der Waals surface area contributed by atoms with Gasteiger partial charge in [0.15, 0.2) is 5.82 Å². The number of ether oxygens (including phenoxy) is 2. The maximum absolute atomic E-state index is 14.2. The maximum atomic E-state index is 14.2. The van der Waals surface area contributed by atoms with E-state index >= 15 is 0 Å². The summed E-state index contributed by atoms with van der Waals surface area (Å²) < 4.78 is 41.5. The van der Waals surface area contributed by atoms with Crippen LogP contribution in [0, 0.1) is 11.8 Å². The van der Waals surface area contributed by atoms with Crippen LogP contribution in [0.3, 0.4) is 0 Å². The largest absolute Gasteiger partial charge is 0.477 e. The zero-order chi connectivity index (χ0) is 32.2. The number of para-hydroxylation sites is 3. The van der Waals surface area contributed by atoms with Gasteiger partial charge in [-0.05, 0) is 68.7 Å². The predicted octanol–water partition coefficient (Wildman–Crippen LogP) is 5.56. The van der Waals surface area contributed by atoms with E-state index in [-0.39, 0.29) is 35.4 Å². The quantitative estimate of drug-likeness (QED) is 0.253. The molecule has 0 spiro atoms. The third-order valence-electron chi connectivity index (χ3n) is 9.63. The standard InChI is InChI=1S/C35H41F2N7O3/c36-32(37)33-39-28-8-4-5-9-29(28)44(33)30-22-31(41-35(40-30)43-18-20-46-21-19-43)47-23-24-10-12-25(13-11-24)34(45)38-26-14-16-42(17-15-26)27-6-2-1-3-7-27/h1-9,22,24-26,32H,10-21,23H2,(H,38,45). The number of anilines is 2. The van der Waals surface area contributed by atoms with Gasteiger partial charge in [0.05, 0.1) is 30.9 Å². The zero-order valence-electron chi connectivity index (χ0n) is 26.4. The fourth-order valence-corrected chi connectivity index (χ4v) is 6.96. The van der Waals surface area contributed by atoms with Gasteiger partial charge in [-0.2, -0.15) is 9.97 Å². The molecule has 0 radical (unpaired) electrons. The third-order valence-corrected chi connectivity index (χ3v) is 9.63. The van der Waals surface area contributed by atoms with Gasteiger partial charge in [-0.25, -0.2) is 13.8 Å². The number of amides is 1. The summed E-state index contributed by atoms with van der Waals surface area (Å²) in [5.74, 6) is 1.10. The topological polar surface area (TPSA) is 97.6 Å². The van der Waals surface area contributed by atoms with Gasteiger partial charge in [0.25, 0.3) is 6.43 Å². The number of aromatic nitrogens is 4. The first-order valence-corrected chi connectivity index (χ1v) is 16.7. The second-order valence-corrected chi connectivity index (χ2v) is 12.7. The number of carbonyl (C=O) groups excluding carboxylic acids is 1. The Kier molecular flexibility index (Phi) is 9.46. The lowest BCUT2D eigenvalue weighted by Crippen LogP contribution is -2.46. The summed E-state index contributed by atoms with van der Waals surface area (Å²) in [6.07, 6.45) is 2.49. The number of carbonyl (C=O) groups is 1. The van der Waals surface area contributed by atoms with Crippen molar-refractivity contribution in [2.24, 2.45) is 11.8 Å². The molecule has 7 rings (SSSR count). The first-order valence-electron chi connectivity index (χ1n) is 16.7. The number of alkyl halides is 2. The molecule has 3 aliphatic rings. The Hall–Kier alpha value is -4.32. The van der Waals surface area contributed by atoms with Crippen molar-refractivity contribution in [2.45, 2.75) is 51.0 Å². The number of hydrogen-bond donors (Lipinski definition) is 1. The van der Waals surface area contributed by atoms with Crippen LogP contribution >= 0.6 is 0 Å². The molecule has 1 N–H and O–H groups in total. The van der Waals surface area contributed by atoms with E-state index in [9.17, 15) is 13.6 Å². The SMILES string of the molecule is O=C(NC1CCN(c2ccccc2)CC1)C1CCC(COc2cc(-n3c(C(F)F)nc4ccccc43)nc(N3CCOCC3)n2)CC1. The van der Waals surface area contributed by atoms with Crippen molar-refractivity contribution >= 4 is 28.6 Å². The zero-order valence-corrected chi connectivity index (χ0v) is 26.4. The normalized spacial score (nSPS) is 20.9. The average Bonchev–Trinajstić information content (AvgIpc) is 3.52. The van der Waals surface area contributed by atoms with E-state index in [1.165, 1.54) is 10.3 Å². The fourth-order valence-electron chi connectivity index (χ4n) is 6.96. The van der Waals surface area contributed by atoms with Crippen molar-refractivity contribution in [1.82, 2.24) is 24.8 Å². The molecule has 4 aromatic rings. The molecule has 47 heavy (non-hydrogen) atoms. The Morgan fingerprint density at radius 1 is 0.872 bits per heavy atom. The summed E-state index contributed by atoms with van der Waals surface area (Å²) >= 11 is 0. The molecular formula is C35H41F2N7O3. The van der Waals surface area contributed by atoms with Crippen LogP contribution in [-0.2, 0) is 9.53 Å². The Morgan fingerprint density at radius 2 is 1.60 bits per heavy atom. The highest BCUT2D eigenvalue weighted by Crippen LogP contribution is 2.32. The molecule has 0 atom stereocenters. The summed E-state index contributed by atoms with van der Waals surface area (Å²) in [6.45, 7) is 4.56. The van der Waals surface area contributed by atoms with Crippen molar-refractivity contribution in [1.29, 1.82) is 0 Å². The molecule has 10 nitrogen and oxygen atoms in total. The van der Waals surface area contributed by atoms with Crippen LogP contribution in [0.1, 0.15) is 50.8 Å². The number of hydrogen-bond acceptors (Lipinski definition) is 8. The number of halogens is 2. The molecule has 1 saturated carbocycles. The molecule has 3 fully saturated rings. The van der Waals surface area contributed by atoms with Crippen LogP contribution in [0.25, 0.3) is 16.9 Å². The monoisotopic (exact) mass is 645 g/mol. The number of imidazole rings is 1. The van der Waals surface area contributed by atoms with E-state index in [0.717, 1.165) is 51.6 Å². The van der Waals surface area contributed by atoms with Crippen molar-refractivity contribution < 1.29 is 23.0 Å². The van der Waals surface area contributed by atoms with Gasteiger partial charge in [0.1, 0.15) is 5.82 Å². The Labute approximate surface area is 273 Å². The van der Waals surface area contributed by atoms with Crippen LogP contribution in [-0.4, -0.2) is 77.5 Å². The molecule has 248 valence electrons. The summed E-state index contributed by atoms with van der Waals surface area (Å²) in [6, 6.07) is 19.3. The maximum Gasteiger partial charge on any atom is 0.296 e. The minimum absolute atomic E-state index is 0.0132. The van der Waals surface area contributed by atoms with Crippen LogP contribution in [0.2, 0.25) is 0 Å². The number of benzene rings is 2. The lowest BCUT2D eigenvalue weighted by molar-refractivity contribution is -0.127. The first kappa shape index (κ1) is 31.3. The molecule has 0 bridgehead atoms. The molecule has 1 aliphatic carbocycles. The average molecular weight is 646 g/mol. The molecule has 2 aromatic heterocycles. The number of morpholine rings is 1. The highest BCUT2D eigenvalue weighted by molar-refractivity contribution is 5.79. The minimum Gasteiger partial charge on any atom is -0.477 e. The lowest BCUT2D eigenvalue weighted by atomic mass is 9.81. The second-order valence-electron chi connectivity index (χ2n) is 12.7. The Morgan fingerprint density at radius 3 is 2.34 bits per heavy atom. The van der Waals surface area contributed by atoms with Gasteiger partial charge in [-0.1, -0.05) is 30.3 Å². The molecular weight excluding hydrogens is 604 g/mol. The van der Waals surface area contributed by atoms with Crippen LogP contribution in [0.4, 0.5) is 20.4 Å². The number of nitrogens with one attached hydrogen (secondary N) is 1.